The topological polar surface area (TPSA) is 97.7 Å². The van der Waals surface area contributed by atoms with E-state index in [1.807, 2.05) is 30.3 Å². The third kappa shape index (κ3) is 3.49. The van der Waals surface area contributed by atoms with Gasteiger partial charge in [-0.15, -0.1) is 11.3 Å². The van der Waals surface area contributed by atoms with Crippen molar-refractivity contribution in [3.63, 3.8) is 0 Å². The third-order valence-corrected chi connectivity index (χ3v) is 5.66. The highest BCUT2D eigenvalue weighted by atomic mass is 35.5. The Kier molecular flexibility index (Phi) is 4.81. The number of thiazole rings is 1. The predicted octanol–water partition coefficient (Wildman–Crippen LogP) is 3.69. The lowest BCUT2D eigenvalue weighted by atomic mass is 10.1. The van der Waals surface area contributed by atoms with Gasteiger partial charge in [-0.1, -0.05) is 41.9 Å². The first-order chi connectivity index (χ1) is 15.1. The normalized spacial score (nSPS) is 11.0. The molecule has 0 aliphatic rings. The Balaban J connectivity index is 1.56. The maximum Gasteiger partial charge on any atom is 0.437 e. The van der Waals surface area contributed by atoms with Crippen LogP contribution in [-0.4, -0.2) is 26.3 Å². The van der Waals surface area contributed by atoms with Gasteiger partial charge in [0.05, 0.1) is 5.56 Å². The van der Waals surface area contributed by atoms with Gasteiger partial charge in [-0.05, 0) is 22.1 Å². The molecule has 0 aliphatic heterocycles. The van der Waals surface area contributed by atoms with E-state index in [0.717, 1.165) is 11.8 Å². The summed E-state index contributed by atoms with van der Waals surface area (Å²) in [6.07, 6.45) is 2.38. The number of hydrogen-bond donors (Lipinski definition) is 1. The number of carbonyl (C=O) groups excluding carboxylic acids is 1. The molecule has 2 aromatic carbocycles. The van der Waals surface area contributed by atoms with E-state index in [2.05, 4.69) is 15.4 Å². The number of nitrogens with zero attached hydrogens (tertiary/aromatic N) is 4. The molecule has 5 aromatic rings. The fraction of sp³-hybridized carbons (Fsp3) is 0. The molecule has 0 unspecified atom stereocenters. The van der Waals surface area contributed by atoms with Crippen molar-refractivity contribution in [3.05, 3.63) is 87.2 Å². The number of carbonyl (C=O) groups is 1. The summed E-state index contributed by atoms with van der Waals surface area (Å²) in [7, 11) is 0. The van der Waals surface area contributed by atoms with E-state index < -0.39 is 5.63 Å². The van der Waals surface area contributed by atoms with E-state index in [-0.39, 0.29) is 5.69 Å². The van der Waals surface area contributed by atoms with Gasteiger partial charge in [0, 0.05) is 34.3 Å². The minimum Gasteiger partial charge on any atom is -0.298 e. The SMILES string of the molecule is O=Cc1cn(-c2nc(-c3c(=O)o[nH][n+]3-c3ccc(Cl)cc3)cs2)nc1-c1ccccc1. The van der Waals surface area contributed by atoms with Crippen molar-refractivity contribution >= 4 is 29.2 Å². The van der Waals surface area contributed by atoms with Crippen LogP contribution in [0.15, 0.2) is 75.5 Å². The minimum atomic E-state index is -0.564. The Morgan fingerprint density at radius 1 is 1.13 bits per heavy atom. The number of aromatic nitrogens is 5. The summed E-state index contributed by atoms with van der Waals surface area (Å²) >= 11 is 7.24. The Labute approximate surface area is 183 Å². The number of aromatic amines is 1. The molecule has 3 aromatic heterocycles. The lowest BCUT2D eigenvalue weighted by Gasteiger charge is -1.96. The summed E-state index contributed by atoms with van der Waals surface area (Å²) in [6.45, 7) is 0. The van der Waals surface area contributed by atoms with Crippen LogP contribution in [0.1, 0.15) is 10.4 Å². The first kappa shape index (κ1) is 19.2. The Hall–Kier alpha value is -3.82. The standard InChI is InChI=1S/C21H12ClN5O3S/c22-15-6-8-16(9-7-15)27-19(20(29)30-25-27)17-12-31-21(23-17)26-10-14(11-28)18(24-26)13-4-2-1-3-5-13/h1-12H/p+1. The van der Waals surface area contributed by atoms with Crippen molar-refractivity contribution in [2.24, 2.45) is 0 Å². The summed E-state index contributed by atoms with van der Waals surface area (Å²) in [5, 5.41) is 9.92. The summed E-state index contributed by atoms with van der Waals surface area (Å²) in [6, 6.07) is 16.3. The van der Waals surface area contributed by atoms with Gasteiger partial charge >= 0.3 is 11.3 Å². The quantitative estimate of drug-likeness (QED) is 0.325. The molecule has 1 N–H and O–H groups in total. The molecule has 0 radical (unpaired) electrons. The fourth-order valence-electron chi connectivity index (χ4n) is 3.13. The van der Waals surface area contributed by atoms with Gasteiger partial charge in [-0.2, -0.15) is 5.10 Å². The maximum absolute atomic E-state index is 12.4. The van der Waals surface area contributed by atoms with Crippen LogP contribution in [0.25, 0.3) is 33.5 Å². The van der Waals surface area contributed by atoms with Gasteiger partial charge < -0.3 is 0 Å². The monoisotopic (exact) mass is 450 g/mol. The summed E-state index contributed by atoms with van der Waals surface area (Å²) < 4.78 is 8.02. The maximum atomic E-state index is 12.4. The van der Waals surface area contributed by atoms with Crippen molar-refractivity contribution in [2.75, 3.05) is 0 Å². The van der Waals surface area contributed by atoms with Crippen LogP contribution in [0, 0.1) is 0 Å². The average Bonchev–Trinajstić information content (AvgIpc) is 3.52. The molecule has 0 aliphatic carbocycles. The van der Waals surface area contributed by atoms with Gasteiger partial charge in [0.15, 0.2) is 12.0 Å². The van der Waals surface area contributed by atoms with Gasteiger partial charge in [-0.25, -0.2) is 14.5 Å². The van der Waals surface area contributed by atoms with E-state index in [1.54, 1.807) is 35.8 Å². The highest BCUT2D eigenvalue weighted by molar-refractivity contribution is 7.12. The van der Waals surface area contributed by atoms with Crippen molar-refractivity contribution in [3.8, 4) is 33.5 Å². The summed E-state index contributed by atoms with van der Waals surface area (Å²) in [5.41, 5.74) is 2.57. The molecule has 0 saturated carbocycles. The number of hydrogen-bond acceptors (Lipinski definition) is 6. The van der Waals surface area contributed by atoms with Crippen LogP contribution >= 0.6 is 22.9 Å². The lowest BCUT2D eigenvalue weighted by molar-refractivity contribution is -0.660. The number of rotatable bonds is 5. The predicted molar refractivity (Wildman–Crippen MR) is 115 cm³/mol. The average molecular weight is 451 g/mol. The summed E-state index contributed by atoms with van der Waals surface area (Å²) in [5.74, 6) is 0. The first-order valence-corrected chi connectivity index (χ1v) is 10.4. The van der Waals surface area contributed by atoms with Gasteiger partial charge in [0.25, 0.3) is 0 Å². The molecule has 152 valence electrons. The molecule has 10 heteroatoms. The van der Waals surface area contributed by atoms with E-state index >= 15 is 0 Å². The second-order valence-electron chi connectivity index (χ2n) is 6.52. The largest absolute Gasteiger partial charge is 0.437 e. The number of aldehydes is 1. The molecule has 31 heavy (non-hydrogen) atoms. The molecule has 0 amide bonds. The van der Waals surface area contributed by atoms with Crippen molar-refractivity contribution in [2.45, 2.75) is 0 Å². The van der Waals surface area contributed by atoms with Crippen molar-refractivity contribution in [1.29, 1.82) is 0 Å². The first-order valence-electron chi connectivity index (χ1n) is 9.10. The molecular weight excluding hydrogens is 438 g/mol. The van der Waals surface area contributed by atoms with Crippen molar-refractivity contribution in [1.82, 2.24) is 20.0 Å². The smallest absolute Gasteiger partial charge is 0.298 e. The van der Waals surface area contributed by atoms with E-state index in [1.165, 1.54) is 20.7 Å². The van der Waals surface area contributed by atoms with E-state index in [9.17, 15) is 9.59 Å². The Morgan fingerprint density at radius 2 is 1.90 bits per heavy atom. The van der Waals surface area contributed by atoms with Crippen LogP contribution in [0.3, 0.4) is 0 Å². The van der Waals surface area contributed by atoms with Gasteiger partial charge in [-0.3, -0.25) is 9.32 Å². The van der Waals surface area contributed by atoms with Gasteiger partial charge in [0.2, 0.25) is 10.8 Å². The lowest BCUT2D eigenvalue weighted by Crippen LogP contribution is -2.36. The van der Waals surface area contributed by atoms with Crippen LogP contribution in [0.5, 0.6) is 0 Å². The minimum absolute atomic E-state index is 0.232. The number of halogens is 1. The van der Waals surface area contributed by atoms with Crippen LogP contribution in [0.2, 0.25) is 5.02 Å². The second kappa shape index (κ2) is 7.78. The highest BCUT2D eigenvalue weighted by Crippen LogP contribution is 2.25. The molecule has 5 rings (SSSR count). The number of nitrogens with one attached hydrogen (secondary N) is 1. The molecule has 0 bridgehead atoms. The van der Waals surface area contributed by atoms with Gasteiger partial charge in [0.1, 0.15) is 5.69 Å². The van der Waals surface area contributed by atoms with Crippen LogP contribution in [0.4, 0.5) is 0 Å². The molecule has 0 atom stereocenters. The highest BCUT2D eigenvalue weighted by Gasteiger charge is 2.28. The third-order valence-electron chi connectivity index (χ3n) is 4.58. The molecule has 8 nitrogen and oxygen atoms in total. The second-order valence-corrected chi connectivity index (χ2v) is 7.79. The Morgan fingerprint density at radius 3 is 2.65 bits per heavy atom. The van der Waals surface area contributed by atoms with Crippen LogP contribution in [-0.2, 0) is 0 Å². The van der Waals surface area contributed by atoms with Crippen molar-refractivity contribution < 1.29 is 14.0 Å². The molecule has 0 fully saturated rings. The fourth-order valence-corrected chi connectivity index (χ4v) is 3.99. The number of H-pyrrole nitrogens is 1. The summed E-state index contributed by atoms with van der Waals surface area (Å²) in [4.78, 5) is 28.5. The zero-order valence-corrected chi connectivity index (χ0v) is 17.3. The van der Waals surface area contributed by atoms with E-state index in [0.29, 0.717) is 32.8 Å². The molecular formula is C21H13ClN5O3S+. The molecule has 0 saturated heterocycles. The number of benzene rings is 2. The molecule has 3 heterocycles. The van der Waals surface area contributed by atoms with E-state index in [4.69, 9.17) is 16.1 Å². The zero-order valence-electron chi connectivity index (χ0n) is 15.7. The Bertz CT molecular complexity index is 1430. The van der Waals surface area contributed by atoms with Crippen LogP contribution < -0.4 is 10.3 Å². The molecule has 0 spiro atoms. The zero-order chi connectivity index (χ0) is 21.4.